The summed E-state index contributed by atoms with van der Waals surface area (Å²) in [6.45, 7) is 1.78. The van der Waals surface area contributed by atoms with E-state index in [9.17, 15) is 9.50 Å². The summed E-state index contributed by atoms with van der Waals surface area (Å²) < 4.78 is 25.8. The summed E-state index contributed by atoms with van der Waals surface area (Å²) in [5, 5.41) is 15.2. The van der Waals surface area contributed by atoms with Crippen LogP contribution in [0.3, 0.4) is 0 Å². The molecule has 1 atom stereocenters. The molecule has 0 radical (unpaired) electrons. The molecule has 34 heavy (non-hydrogen) atoms. The quantitative estimate of drug-likeness (QED) is 0.312. The van der Waals surface area contributed by atoms with Crippen molar-refractivity contribution in [3.63, 3.8) is 0 Å². The second-order valence-electron chi connectivity index (χ2n) is 8.71. The van der Waals surface area contributed by atoms with Gasteiger partial charge in [-0.1, -0.05) is 24.6 Å². The van der Waals surface area contributed by atoms with E-state index in [0.717, 1.165) is 40.6 Å². The topological polar surface area (TPSA) is 50.7 Å². The third-order valence-corrected chi connectivity index (χ3v) is 6.30. The van der Waals surface area contributed by atoms with Crippen LogP contribution in [-0.2, 0) is 0 Å². The number of phenols is 1. The third kappa shape index (κ3) is 5.15. The Morgan fingerprint density at radius 3 is 2.44 bits per heavy atom. The molecule has 0 amide bonds. The van der Waals surface area contributed by atoms with Gasteiger partial charge in [-0.15, -0.1) is 0 Å². The van der Waals surface area contributed by atoms with Crippen LogP contribution in [0.4, 0.5) is 4.39 Å². The number of benzene rings is 4. The van der Waals surface area contributed by atoms with Crippen LogP contribution in [0.5, 0.6) is 23.0 Å². The van der Waals surface area contributed by atoms with Crippen LogP contribution in [0, 0.1) is 5.82 Å². The van der Waals surface area contributed by atoms with Gasteiger partial charge in [0.25, 0.3) is 0 Å². The highest BCUT2D eigenvalue weighted by Crippen LogP contribution is 2.40. The van der Waals surface area contributed by atoms with Gasteiger partial charge in [0.1, 0.15) is 28.8 Å². The standard InChI is InChI=1S/C29H28FNO3/c30-22-7-4-20(5-8-22)27-14-6-21-19-24(32)9-15-28(21)29(27)34-26-12-10-25(11-13-26)33-18-16-23-3-1-2-17-31-23/h4-15,19,23,31-32H,1-3,16-18H2. The van der Waals surface area contributed by atoms with Crippen molar-refractivity contribution >= 4 is 10.8 Å². The molecule has 1 unspecified atom stereocenters. The van der Waals surface area contributed by atoms with E-state index < -0.39 is 0 Å². The van der Waals surface area contributed by atoms with Gasteiger partial charge in [0, 0.05) is 17.0 Å². The molecule has 0 aromatic heterocycles. The van der Waals surface area contributed by atoms with Crippen LogP contribution in [0.15, 0.2) is 78.9 Å². The first-order chi connectivity index (χ1) is 16.7. The number of fused-ring (bicyclic) bond motifs is 1. The van der Waals surface area contributed by atoms with E-state index in [1.165, 1.54) is 31.4 Å². The van der Waals surface area contributed by atoms with Crippen LogP contribution >= 0.6 is 0 Å². The van der Waals surface area contributed by atoms with Crippen LogP contribution < -0.4 is 14.8 Å². The molecular formula is C29H28FNO3. The fraction of sp³-hybridized carbons (Fsp3) is 0.241. The van der Waals surface area contributed by atoms with Crippen molar-refractivity contribution in [3.8, 4) is 34.1 Å². The minimum absolute atomic E-state index is 0.193. The van der Waals surface area contributed by atoms with Gasteiger partial charge in [0.05, 0.1) is 6.61 Å². The first kappa shape index (κ1) is 22.2. The summed E-state index contributed by atoms with van der Waals surface area (Å²) in [6.07, 6.45) is 4.77. The van der Waals surface area contributed by atoms with E-state index in [-0.39, 0.29) is 11.6 Å². The second kappa shape index (κ2) is 10.1. The van der Waals surface area contributed by atoms with E-state index in [1.807, 2.05) is 42.5 Å². The fourth-order valence-corrected chi connectivity index (χ4v) is 4.47. The van der Waals surface area contributed by atoms with Crippen molar-refractivity contribution in [1.29, 1.82) is 0 Å². The monoisotopic (exact) mass is 457 g/mol. The maximum Gasteiger partial charge on any atom is 0.143 e. The van der Waals surface area contributed by atoms with Crippen molar-refractivity contribution in [2.75, 3.05) is 13.2 Å². The molecule has 5 heteroatoms. The highest BCUT2D eigenvalue weighted by molar-refractivity contribution is 5.96. The minimum atomic E-state index is -0.285. The molecule has 0 aliphatic carbocycles. The predicted molar refractivity (Wildman–Crippen MR) is 133 cm³/mol. The zero-order valence-electron chi connectivity index (χ0n) is 19.0. The third-order valence-electron chi connectivity index (χ3n) is 6.30. The number of rotatable bonds is 7. The number of nitrogens with one attached hydrogen (secondary N) is 1. The number of phenolic OH excluding ortho intramolecular Hbond substituents is 1. The lowest BCUT2D eigenvalue weighted by Crippen LogP contribution is -2.35. The Labute approximate surface area is 199 Å². The molecular weight excluding hydrogens is 429 g/mol. The normalized spacial score (nSPS) is 15.9. The average molecular weight is 458 g/mol. The van der Waals surface area contributed by atoms with E-state index in [0.29, 0.717) is 24.1 Å². The van der Waals surface area contributed by atoms with E-state index in [2.05, 4.69) is 5.32 Å². The van der Waals surface area contributed by atoms with E-state index in [4.69, 9.17) is 9.47 Å². The molecule has 4 aromatic carbocycles. The van der Waals surface area contributed by atoms with Crippen molar-refractivity contribution in [3.05, 3.63) is 84.7 Å². The molecule has 5 rings (SSSR count). The van der Waals surface area contributed by atoms with Gasteiger partial charge in [-0.25, -0.2) is 4.39 Å². The van der Waals surface area contributed by atoms with Gasteiger partial charge in [0.15, 0.2) is 0 Å². The van der Waals surface area contributed by atoms with Crippen LogP contribution in [0.1, 0.15) is 25.7 Å². The number of halogens is 1. The Morgan fingerprint density at radius 1 is 0.882 bits per heavy atom. The Hall–Kier alpha value is -3.57. The number of aromatic hydroxyl groups is 1. The summed E-state index contributed by atoms with van der Waals surface area (Å²) in [7, 11) is 0. The van der Waals surface area contributed by atoms with Crippen LogP contribution in [0.2, 0.25) is 0 Å². The molecule has 1 heterocycles. The summed E-state index contributed by atoms with van der Waals surface area (Å²) in [6, 6.07) is 23.6. The van der Waals surface area contributed by atoms with Crippen LogP contribution in [0.25, 0.3) is 21.9 Å². The SMILES string of the molecule is Oc1ccc2c(Oc3ccc(OCCC4CCCCN4)cc3)c(-c3ccc(F)cc3)ccc2c1. The Kier molecular flexibility index (Phi) is 6.63. The lowest BCUT2D eigenvalue weighted by atomic mass is 9.99. The van der Waals surface area contributed by atoms with Crippen molar-refractivity contribution in [2.24, 2.45) is 0 Å². The van der Waals surface area contributed by atoms with Gasteiger partial charge in [-0.05, 0) is 97.4 Å². The van der Waals surface area contributed by atoms with Crippen molar-refractivity contribution < 1.29 is 19.0 Å². The molecule has 4 nitrogen and oxygen atoms in total. The highest BCUT2D eigenvalue weighted by atomic mass is 19.1. The Balaban J connectivity index is 1.36. The maximum absolute atomic E-state index is 13.5. The molecule has 1 aliphatic rings. The zero-order chi connectivity index (χ0) is 23.3. The average Bonchev–Trinajstić information content (AvgIpc) is 2.86. The van der Waals surface area contributed by atoms with E-state index in [1.54, 1.807) is 24.3 Å². The molecule has 2 N–H and O–H groups in total. The summed E-state index contributed by atoms with van der Waals surface area (Å²) in [5.41, 5.74) is 1.70. The van der Waals surface area contributed by atoms with Gasteiger partial charge < -0.3 is 19.9 Å². The molecule has 1 fully saturated rings. The Morgan fingerprint density at radius 2 is 1.68 bits per heavy atom. The molecule has 0 spiro atoms. The van der Waals surface area contributed by atoms with Gasteiger partial charge >= 0.3 is 0 Å². The summed E-state index contributed by atoms with van der Waals surface area (Å²) in [4.78, 5) is 0. The first-order valence-corrected chi connectivity index (χ1v) is 11.8. The molecule has 4 aromatic rings. The van der Waals surface area contributed by atoms with Gasteiger partial charge in [-0.2, -0.15) is 0 Å². The highest BCUT2D eigenvalue weighted by Gasteiger charge is 2.14. The molecule has 1 aliphatic heterocycles. The zero-order valence-corrected chi connectivity index (χ0v) is 19.0. The lowest BCUT2D eigenvalue weighted by Gasteiger charge is -2.23. The summed E-state index contributed by atoms with van der Waals surface area (Å²) in [5.74, 6) is 2.04. The van der Waals surface area contributed by atoms with Crippen molar-refractivity contribution in [1.82, 2.24) is 5.32 Å². The fourth-order valence-electron chi connectivity index (χ4n) is 4.47. The van der Waals surface area contributed by atoms with Crippen LogP contribution in [-0.4, -0.2) is 24.3 Å². The largest absolute Gasteiger partial charge is 0.508 e. The number of ether oxygens (including phenoxy) is 2. The molecule has 0 saturated carbocycles. The first-order valence-electron chi connectivity index (χ1n) is 11.8. The Bertz CT molecular complexity index is 1250. The lowest BCUT2D eigenvalue weighted by molar-refractivity contribution is 0.268. The molecule has 0 bridgehead atoms. The van der Waals surface area contributed by atoms with Crippen molar-refractivity contribution in [2.45, 2.75) is 31.7 Å². The predicted octanol–water partition coefficient (Wildman–Crippen LogP) is 7.05. The smallest absolute Gasteiger partial charge is 0.143 e. The maximum atomic E-state index is 13.5. The number of hydrogen-bond donors (Lipinski definition) is 2. The number of piperidine rings is 1. The summed E-state index contributed by atoms with van der Waals surface area (Å²) >= 11 is 0. The van der Waals surface area contributed by atoms with E-state index >= 15 is 0 Å². The molecule has 1 saturated heterocycles. The van der Waals surface area contributed by atoms with Gasteiger partial charge in [0.2, 0.25) is 0 Å². The van der Waals surface area contributed by atoms with Gasteiger partial charge in [-0.3, -0.25) is 0 Å². The second-order valence-corrected chi connectivity index (χ2v) is 8.71. The minimum Gasteiger partial charge on any atom is -0.508 e. The number of hydrogen-bond acceptors (Lipinski definition) is 4. The molecule has 174 valence electrons.